The van der Waals surface area contributed by atoms with Crippen LogP contribution in [0.25, 0.3) is 0 Å². The molecular formula is C12H18N2O2S. The van der Waals surface area contributed by atoms with Gasteiger partial charge in [-0.3, -0.25) is 0 Å². The van der Waals surface area contributed by atoms with Gasteiger partial charge in [-0.05, 0) is 24.5 Å². The van der Waals surface area contributed by atoms with E-state index >= 15 is 0 Å². The van der Waals surface area contributed by atoms with E-state index in [1.807, 2.05) is 6.07 Å². The number of aliphatic hydroxyl groups excluding tert-OH is 2. The molecular weight excluding hydrogens is 236 g/mol. The summed E-state index contributed by atoms with van der Waals surface area (Å²) < 4.78 is 0. The number of aromatic nitrogens is 1. The minimum atomic E-state index is -0.675. The Hall–Kier alpha value is -0.620. The highest BCUT2D eigenvalue weighted by molar-refractivity contribution is 7.99. The maximum absolute atomic E-state index is 9.32. The Labute approximate surface area is 105 Å². The molecule has 0 spiro atoms. The van der Waals surface area contributed by atoms with Crippen LogP contribution in [0.4, 0.5) is 0 Å². The van der Waals surface area contributed by atoms with Gasteiger partial charge in [-0.1, -0.05) is 6.07 Å². The summed E-state index contributed by atoms with van der Waals surface area (Å²) in [5, 5.41) is 22.5. The van der Waals surface area contributed by atoms with Gasteiger partial charge in [-0.2, -0.15) is 0 Å². The van der Waals surface area contributed by atoms with Gasteiger partial charge in [0.1, 0.15) is 5.03 Å². The second-order valence-corrected chi connectivity index (χ2v) is 5.28. The van der Waals surface area contributed by atoms with E-state index in [1.165, 1.54) is 24.6 Å². The Bertz CT molecular complexity index is 358. The van der Waals surface area contributed by atoms with Crippen LogP contribution in [0.15, 0.2) is 23.4 Å². The molecule has 1 aliphatic rings. The molecule has 3 N–H and O–H groups in total. The highest BCUT2D eigenvalue weighted by atomic mass is 32.2. The molecule has 0 saturated heterocycles. The first-order valence-electron chi connectivity index (χ1n) is 5.88. The van der Waals surface area contributed by atoms with Crippen LogP contribution in [-0.4, -0.2) is 39.7 Å². The fraction of sp³-hybridized carbons (Fsp3) is 0.583. The van der Waals surface area contributed by atoms with Crippen LogP contribution in [0.2, 0.25) is 0 Å². The van der Waals surface area contributed by atoms with Crippen LogP contribution in [0, 0.1) is 0 Å². The molecule has 1 atom stereocenters. The van der Waals surface area contributed by atoms with E-state index in [-0.39, 0.29) is 6.61 Å². The van der Waals surface area contributed by atoms with Gasteiger partial charge in [0.05, 0.1) is 12.7 Å². The van der Waals surface area contributed by atoms with E-state index in [4.69, 9.17) is 5.11 Å². The standard InChI is InChI=1S/C12H18N2O2S/c15-7-11(16)8-17-12-9(2-1-5-13-12)6-14-10-3-4-10/h1-2,5,10-11,14-16H,3-4,6-8H2. The molecule has 0 bridgehead atoms. The van der Waals surface area contributed by atoms with Crippen LogP contribution in [0.1, 0.15) is 18.4 Å². The van der Waals surface area contributed by atoms with Gasteiger partial charge in [-0.25, -0.2) is 4.98 Å². The summed E-state index contributed by atoms with van der Waals surface area (Å²) in [4.78, 5) is 4.31. The molecule has 0 aliphatic heterocycles. The molecule has 1 aromatic rings. The lowest BCUT2D eigenvalue weighted by molar-refractivity contribution is 0.113. The fourth-order valence-electron chi connectivity index (χ4n) is 1.46. The average molecular weight is 254 g/mol. The summed E-state index contributed by atoms with van der Waals surface area (Å²) in [5.41, 5.74) is 1.16. The number of nitrogens with zero attached hydrogens (tertiary/aromatic N) is 1. The summed E-state index contributed by atoms with van der Waals surface area (Å²) >= 11 is 1.49. The molecule has 2 rings (SSSR count). The molecule has 1 aromatic heterocycles. The van der Waals surface area contributed by atoms with E-state index < -0.39 is 6.10 Å². The van der Waals surface area contributed by atoms with Gasteiger partial charge in [0.2, 0.25) is 0 Å². The van der Waals surface area contributed by atoms with Gasteiger partial charge in [0.15, 0.2) is 0 Å². The maximum atomic E-state index is 9.32. The third-order valence-corrected chi connectivity index (χ3v) is 3.82. The molecule has 0 radical (unpaired) electrons. The number of aliphatic hydroxyl groups is 2. The normalized spacial score (nSPS) is 17.1. The van der Waals surface area contributed by atoms with Crippen molar-refractivity contribution in [2.45, 2.75) is 36.6 Å². The monoisotopic (exact) mass is 254 g/mol. The van der Waals surface area contributed by atoms with Gasteiger partial charge < -0.3 is 15.5 Å². The Morgan fingerprint density at radius 1 is 1.53 bits per heavy atom. The van der Waals surface area contributed by atoms with Gasteiger partial charge in [0, 0.05) is 24.5 Å². The van der Waals surface area contributed by atoms with Crippen LogP contribution in [0.3, 0.4) is 0 Å². The van der Waals surface area contributed by atoms with Crippen molar-refractivity contribution in [1.29, 1.82) is 0 Å². The first-order chi connectivity index (χ1) is 8.29. The zero-order valence-electron chi connectivity index (χ0n) is 9.67. The first kappa shape index (κ1) is 12.8. The average Bonchev–Trinajstić information content (AvgIpc) is 3.18. The van der Waals surface area contributed by atoms with Crippen molar-refractivity contribution in [2.75, 3.05) is 12.4 Å². The third kappa shape index (κ3) is 4.27. The molecule has 4 nitrogen and oxygen atoms in total. The van der Waals surface area contributed by atoms with Crippen molar-refractivity contribution in [1.82, 2.24) is 10.3 Å². The highest BCUT2D eigenvalue weighted by Gasteiger charge is 2.20. The summed E-state index contributed by atoms with van der Waals surface area (Å²) in [6, 6.07) is 4.66. The zero-order chi connectivity index (χ0) is 12.1. The van der Waals surface area contributed by atoms with Crippen molar-refractivity contribution < 1.29 is 10.2 Å². The Balaban J connectivity index is 1.89. The summed E-state index contributed by atoms with van der Waals surface area (Å²) in [5.74, 6) is 0.476. The first-order valence-corrected chi connectivity index (χ1v) is 6.87. The van der Waals surface area contributed by atoms with Gasteiger partial charge in [-0.15, -0.1) is 11.8 Å². The quantitative estimate of drug-likeness (QED) is 0.628. The topological polar surface area (TPSA) is 65.4 Å². The van der Waals surface area contributed by atoms with Crippen molar-refractivity contribution in [2.24, 2.45) is 0 Å². The lowest BCUT2D eigenvalue weighted by atomic mass is 10.3. The molecule has 0 amide bonds. The van der Waals surface area contributed by atoms with Crippen molar-refractivity contribution in [3.63, 3.8) is 0 Å². The Morgan fingerprint density at radius 3 is 3.06 bits per heavy atom. The molecule has 1 unspecified atom stereocenters. The number of hydrogen-bond acceptors (Lipinski definition) is 5. The smallest absolute Gasteiger partial charge is 0.101 e. The molecule has 1 saturated carbocycles. The van der Waals surface area contributed by atoms with Gasteiger partial charge >= 0.3 is 0 Å². The number of rotatable bonds is 7. The van der Waals surface area contributed by atoms with E-state index in [1.54, 1.807) is 6.20 Å². The lowest BCUT2D eigenvalue weighted by Crippen LogP contribution is -2.17. The summed E-state index contributed by atoms with van der Waals surface area (Å²) in [6.45, 7) is 0.631. The van der Waals surface area contributed by atoms with Crippen molar-refractivity contribution in [3.8, 4) is 0 Å². The second kappa shape index (κ2) is 6.35. The number of pyridine rings is 1. The van der Waals surface area contributed by atoms with E-state index in [0.717, 1.165) is 17.1 Å². The van der Waals surface area contributed by atoms with Crippen LogP contribution < -0.4 is 5.32 Å². The van der Waals surface area contributed by atoms with E-state index in [9.17, 15) is 5.11 Å². The minimum Gasteiger partial charge on any atom is -0.394 e. The predicted molar refractivity (Wildman–Crippen MR) is 67.9 cm³/mol. The third-order valence-electron chi connectivity index (χ3n) is 2.63. The molecule has 1 heterocycles. The van der Waals surface area contributed by atoms with Crippen molar-refractivity contribution >= 4 is 11.8 Å². The van der Waals surface area contributed by atoms with Gasteiger partial charge in [0.25, 0.3) is 0 Å². The predicted octanol–water partition coefficient (Wildman–Crippen LogP) is 0.779. The van der Waals surface area contributed by atoms with Crippen LogP contribution in [-0.2, 0) is 6.54 Å². The molecule has 94 valence electrons. The van der Waals surface area contributed by atoms with E-state index in [2.05, 4.69) is 16.4 Å². The van der Waals surface area contributed by atoms with Crippen molar-refractivity contribution in [3.05, 3.63) is 23.9 Å². The molecule has 1 aliphatic carbocycles. The minimum absolute atomic E-state index is 0.199. The largest absolute Gasteiger partial charge is 0.394 e. The van der Waals surface area contributed by atoms with E-state index in [0.29, 0.717) is 11.8 Å². The van der Waals surface area contributed by atoms with Crippen LogP contribution >= 0.6 is 11.8 Å². The molecule has 1 fully saturated rings. The lowest BCUT2D eigenvalue weighted by Gasteiger charge is -2.10. The second-order valence-electron chi connectivity index (χ2n) is 4.27. The number of nitrogens with one attached hydrogen (secondary N) is 1. The summed E-state index contributed by atoms with van der Waals surface area (Å²) in [7, 11) is 0. The summed E-state index contributed by atoms with van der Waals surface area (Å²) in [6.07, 6.45) is 3.62. The Morgan fingerprint density at radius 2 is 2.35 bits per heavy atom. The highest BCUT2D eigenvalue weighted by Crippen LogP contribution is 2.23. The number of hydrogen-bond donors (Lipinski definition) is 3. The maximum Gasteiger partial charge on any atom is 0.101 e. The fourth-order valence-corrected chi connectivity index (χ4v) is 2.37. The Kier molecular flexibility index (Phi) is 4.79. The molecule has 17 heavy (non-hydrogen) atoms. The SMILES string of the molecule is OCC(O)CSc1ncccc1CNC1CC1. The molecule has 5 heteroatoms. The zero-order valence-corrected chi connectivity index (χ0v) is 10.5. The van der Waals surface area contributed by atoms with Crippen LogP contribution in [0.5, 0.6) is 0 Å². The number of thioether (sulfide) groups is 1. The molecule has 0 aromatic carbocycles.